The minimum Gasteiger partial charge on any atom is -0.445 e. The lowest BCUT2D eigenvalue weighted by atomic mass is 10.3. The third-order valence-electron chi connectivity index (χ3n) is 0.878. The van der Waals surface area contributed by atoms with Crippen LogP contribution in [0.1, 0.15) is 0 Å². The van der Waals surface area contributed by atoms with Crippen LogP contribution >= 0.6 is 0 Å². The Kier molecular flexibility index (Phi) is 4.85. The second-order valence-corrected chi connectivity index (χ2v) is 1.85. The van der Waals surface area contributed by atoms with Gasteiger partial charge in [-0.1, -0.05) is 12.7 Å². The molecular formula is C7H11NO3. The number of hydrogen-bond acceptors (Lipinski definition) is 3. The number of hydrogen-bond donors (Lipinski definition) is 2. The first kappa shape index (κ1) is 9.71. The van der Waals surface area contributed by atoms with Gasteiger partial charge in [-0.2, -0.15) is 0 Å². The number of aliphatic hydroxyl groups excluding tert-OH is 1. The minimum atomic E-state index is -0.815. The van der Waals surface area contributed by atoms with Crippen LogP contribution in [0.25, 0.3) is 0 Å². The van der Waals surface area contributed by atoms with Crippen molar-refractivity contribution in [3.63, 3.8) is 0 Å². The van der Waals surface area contributed by atoms with Crippen LogP contribution in [0.15, 0.2) is 24.3 Å². The van der Waals surface area contributed by atoms with E-state index < -0.39 is 6.09 Å². The summed E-state index contributed by atoms with van der Waals surface area (Å²) < 4.78 is 4.37. The molecule has 0 saturated carbocycles. The highest BCUT2D eigenvalue weighted by Crippen LogP contribution is 1.89. The van der Waals surface area contributed by atoms with Crippen molar-refractivity contribution in [2.75, 3.05) is 13.2 Å². The largest absolute Gasteiger partial charge is 0.445 e. The molecular weight excluding hydrogens is 146 g/mol. The van der Waals surface area contributed by atoms with Crippen LogP contribution in [-0.4, -0.2) is 24.4 Å². The average molecular weight is 157 g/mol. The van der Waals surface area contributed by atoms with E-state index in [9.17, 15) is 4.79 Å². The third kappa shape index (κ3) is 6.60. The predicted octanol–water partition coefficient (Wildman–Crippen LogP) is 0.186. The van der Waals surface area contributed by atoms with Gasteiger partial charge in [-0.25, -0.2) is 4.79 Å². The normalized spacial score (nSPS) is 9.91. The van der Waals surface area contributed by atoms with Crippen molar-refractivity contribution in [3.05, 3.63) is 24.3 Å². The number of nitrogens with two attached hydrogens (primary N) is 1. The summed E-state index contributed by atoms with van der Waals surface area (Å²) in [5.74, 6) is 0. The molecule has 0 saturated heterocycles. The van der Waals surface area contributed by atoms with Crippen LogP contribution < -0.4 is 5.73 Å². The van der Waals surface area contributed by atoms with E-state index in [1.807, 2.05) is 0 Å². The number of aliphatic hydroxyl groups is 1. The first-order valence-corrected chi connectivity index (χ1v) is 3.04. The average Bonchev–Trinajstić information content (AvgIpc) is 1.97. The van der Waals surface area contributed by atoms with Crippen LogP contribution in [0.2, 0.25) is 0 Å². The number of carbonyl (C=O) groups excluding carboxylic acids is 1. The molecule has 11 heavy (non-hydrogen) atoms. The summed E-state index contributed by atoms with van der Waals surface area (Å²) in [4.78, 5) is 10.0. The standard InChI is InChI=1S/C7H11NO3/c1-6(5-9)3-2-4-11-7(8)10/h2-3,9H,1,4-5H2,(H2,8,10). The zero-order valence-electron chi connectivity index (χ0n) is 6.12. The lowest BCUT2D eigenvalue weighted by Crippen LogP contribution is -2.12. The molecule has 0 radical (unpaired) electrons. The summed E-state index contributed by atoms with van der Waals surface area (Å²) in [7, 11) is 0. The van der Waals surface area contributed by atoms with Gasteiger partial charge in [0.15, 0.2) is 0 Å². The van der Waals surface area contributed by atoms with Gasteiger partial charge in [0.1, 0.15) is 6.61 Å². The molecule has 0 aromatic rings. The smallest absolute Gasteiger partial charge is 0.404 e. The van der Waals surface area contributed by atoms with Crippen molar-refractivity contribution in [2.45, 2.75) is 0 Å². The molecule has 0 fully saturated rings. The van der Waals surface area contributed by atoms with Gasteiger partial charge >= 0.3 is 6.09 Å². The maximum absolute atomic E-state index is 10.0. The van der Waals surface area contributed by atoms with E-state index in [0.29, 0.717) is 5.57 Å². The van der Waals surface area contributed by atoms with Crippen molar-refractivity contribution in [1.29, 1.82) is 0 Å². The molecule has 0 spiro atoms. The van der Waals surface area contributed by atoms with Crippen molar-refractivity contribution in [1.82, 2.24) is 0 Å². The lowest BCUT2D eigenvalue weighted by molar-refractivity contribution is 0.169. The molecule has 0 aromatic carbocycles. The van der Waals surface area contributed by atoms with Crippen LogP contribution in [-0.2, 0) is 4.74 Å². The molecule has 62 valence electrons. The Balaban J connectivity index is 3.45. The van der Waals surface area contributed by atoms with Gasteiger partial charge in [0.25, 0.3) is 0 Å². The number of rotatable bonds is 4. The third-order valence-corrected chi connectivity index (χ3v) is 0.878. The summed E-state index contributed by atoms with van der Waals surface area (Å²) in [6, 6.07) is 0. The van der Waals surface area contributed by atoms with Crippen LogP contribution in [0.3, 0.4) is 0 Å². The monoisotopic (exact) mass is 157 g/mol. The first-order chi connectivity index (χ1) is 5.16. The van der Waals surface area contributed by atoms with E-state index in [0.717, 1.165) is 0 Å². The Hall–Kier alpha value is -1.29. The number of primary amides is 1. The van der Waals surface area contributed by atoms with E-state index in [1.165, 1.54) is 0 Å². The number of carbonyl (C=O) groups is 1. The van der Waals surface area contributed by atoms with Gasteiger partial charge < -0.3 is 15.6 Å². The topological polar surface area (TPSA) is 72.5 Å². The molecule has 0 aliphatic carbocycles. The van der Waals surface area contributed by atoms with E-state index in [1.54, 1.807) is 12.2 Å². The van der Waals surface area contributed by atoms with Crippen molar-refractivity contribution < 1.29 is 14.6 Å². The number of ether oxygens (including phenoxy) is 1. The Labute approximate surface area is 65.0 Å². The fourth-order valence-electron chi connectivity index (χ4n) is 0.398. The van der Waals surface area contributed by atoms with Crippen LogP contribution in [0.5, 0.6) is 0 Å². The molecule has 0 rings (SSSR count). The lowest BCUT2D eigenvalue weighted by Gasteiger charge is -1.94. The minimum absolute atomic E-state index is 0.104. The van der Waals surface area contributed by atoms with E-state index in [4.69, 9.17) is 5.11 Å². The number of amides is 1. The van der Waals surface area contributed by atoms with Crippen molar-refractivity contribution in [2.24, 2.45) is 5.73 Å². The van der Waals surface area contributed by atoms with Crippen LogP contribution in [0.4, 0.5) is 4.79 Å². The first-order valence-electron chi connectivity index (χ1n) is 3.04. The van der Waals surface area contributed by atoms with E-state index in [-0.39, 0.29) is 13.2 Å². The molecule has 4 heteroatoms. The second kappa shape index (κ2) is 5.49. The summed E-state index contributed by atoms with van der Waals surface area (Å²) in [5.41, 5.74) is 5.23. The van der Waals surface area contributed by atoms with Gasteiger partial charge in [-0.15, -0.1) is 0 Å². The van der Waals surface area contributed by atoms with Crippen molar-refractivity contribution in [3.8, 4) is 0 Å². The zero-order chi connectivity index (χ0) is 8.69. The Morgan fingerprint density at radius 1 is 1.73 bits per heavy atom. The molecule has 0 heterocycles. The Bertz CT molecular complexity index is 175. The quantitative estimate of drug-likeness (QED) is 0.572. The zero-order valence-corrected chi connectivity index (χ0v) is 6.12. The predicted molar refractivity (Wildman–Crippen MR) is 40.9 cm³/mol. The molecule has 0 unspecified atom stereocenters. The SMILES string of the molecule is C=C(C=CCOC(N)=O)CO. The summed E-state index contributed by atoms with van der Waals surface area (Å²) in [6.07, 6.45) is 2.29. The van der Waals surface area contributed by atoms with E-state index >= 15 is 0 Å². The van der Waals surface area contributed by atoms with Gasteiger partial charge in [-0.3, -0.25) is 0 Å². The van der Waals surface area contributed by atoms with Gasteiger partial charge in [0.2, 0.25) is 0 Å². The van der Waals surface area contributed by atoms with Gasteiger partial charge in [0.05, 0.1) is 6.61 Å². The fraction of sp³-hybridized carbons (Fsp3) is 0.286. The van der Waals surface area contributed by atoms with Crippen LogP contribution in [0, 0.1) is 0 Å². The molecule has 0 aromatic heterocycles. The molecule has 0 atom stereocenters. The summed E-state index contributed by atoms with van der Waals surface area (Å²) in [6.45, 7) is 3.48. The summed E-state index contributed by atoms with van der Waals surface area (Å²) >= 11 is 0. The van der Waals surface area contributed by atoms with Crippen molar-refractivity contribution >= 4 is 6.09 Å². The molecule has 0 aliphatic heterocycles. The Morgan fingerprint density at radius 3 is 2.82 bits per heavy atom. The molecule has 1 amide bonds. The van der Waals surface area contributed by atoms with E-state index in [2.05, 4.69) is 17.0 Å². The maximum atomic E-state index is 10.0. The molecule has 4 nitrogen and oxygen atoms in total. The highest BCUT2D eigenvalue weighted by atomic mass is 16.5. The summed E-state index contributed by atoms with van der Waals surface area (Å²) in [5, 5.41) is 8.46. The fourth-order valence-corrected chi connectivity index (χ4v) is 0.398. The van der Waals surface area contributed by atoms with Gasteiger partial charge in [-0.05, 0) is 11.6 Å². The highest BCUT2D eigenvalue weighted by Gasteiger charge is 1.87. The molecule has 0 aliphatic rings. The van der Waals surface area contributed by atoms with Gasteiger partial charge in [0, 0.05) is 0 Å². The highest BCUT2D eigenvalue weighted by molar-refractivity contribution is 5.64. The Morgan fingerprint density at radius 2 is 2.36 bits per heavy atom. The molecule has 3 N–H and O–H groups in total. The molecule has 0 bridgehead atoms. The second-order valence-electron chi connectivity index (χ2n) is 1.85. The maximum Gasteiger partial charge on any atom is 0.404 e.